The molecule has 2 heterocycles. The van der Waals surface area contributed by atoms with Crippen molar-refractivity contribution in [2.75, 3.05) is 19.7 Å². The van der Waals surface area contributed by atoms with E-state index >= 15 is 0 Å². The number of carbonyl (C=O) groups excluding carboxylic acids is 2. The molecule has 3 rings (SSSR count). The van der Waals surface area contributed by atoms with E-state index in [0.717, 1.165) is 16.3 Å². The Morgan fingerprint density at radius 2 is 1.96 bits per heavy atom. The van der Waals surface area contributed by atoms with Gasteiger partial charge in [0.1, 0.15) is 5.01 Å². The number of carbonyl (C=O) groups is 2. The van der Waals surface area contributed by atoms with Crippen LogP contribution in [0.25, 0.3) is 10.6 Å². The summed E-state index contributed by atoms with van der Waals surface area (Å²) in [5.41, 5.74) is 1.77. The van der Waals surface area contributed by atoms with Crippen molar-refractivity contribution in [1.29, 1.82) is 0 Å². The van der Waals surface area contributed by atoms with E-state index in [1.807, 2.05) is 41.5 Å². The van der Waals surface area contributed by atoms with Crippen molar-refractivity contribution in [3.63, 3.8) is 0 Å². The molecule has 1 aliphatic heterocycles. The van der Waals surface area contributed by atoms with Gasteiger partial charge >= 0.3 is 5.97 Å². The summed E-state index contributed by atoms with van der Waals surface area (Å²) in [4.78, 5) is 30.7. The van der Waals surface area contributed by atoms with Crippen molar-refractivity contribution in [3.8, 4) is 10.6 Å². The van der Waals surface area contributed by atoms with Gasteiger partial charge in [-0.15, -0.1) is 11.3 Å². The normalized spacial score (nSPS) is 15.1. The topological polar surface area (TPSA) is 59.5 Å². The van der Waals surface area contributed by atoms with Gasteiger partial charge < -0.3 is 9.64 Å². The van der Waals surface area contributed by atoms with E-state index in [4.69, 9.17) is 16.3 Å². The lowest BCUT2D eigenvalue weighted by Crippen LogP contribution is -2.41. The molecular formula is C19H21ClN2O3S. The summed E-state index contributed by atoms with van der Waals surface area (Å²) >= 11 is 7.43. The molecule has 1 aliphatic rings. The number of hydrogen-bond donors (Lipinski definition) is 0. The van der Waals surface area contributed by atoms with E-state index in [-0.39, 0.29) is 24.2 Å². The van der Waals surface area contributed by atoms with Crippen molar-refractivity contribution >= 4 is 34.8 Å². The lowest BCUT2D eigenvalue weighted by atomic mass is 9.97. The Labute approximate surface area is 161 Å². The highest BCUT2D eigenvalue weighted by atomic mass is 35.5. The van der Waals surface area contributed by atoms with Crippen LogP contribution >= 0.6 is 22.9 Å². The van der Waals surface area contributed by atoms with Crippen LogP contribution in [0.3, 0.4) is 0 Å². The van der Waals surface area contributed by atoms with Gasteiger partial charge in [-0.1, -0.05) is 23.7 Å². The highest BCUT2D eigenvalue weighted by molar-refractivity contribution is 7.13. The van der Waals surface area contributed by atoms with Crippen molar-refractivity contribution in [2.45, 2.75) is 26.2 Å². The molecular weight excluding hydrogens is 372 g/mol. The molecule has 0 bridgehead atoms. The quantitative estimate of drug-likeness (QED) is 0.726. The molecule has 1 fully saturated rings. The summed E-state index contributed by atoms with van der Waals surface area (Å²) in [7, 11) is 0. The first kappa shape index (κ1) is 18.9. The minimum Gasteiger partial charge on any atom is -0.466 e. The van der Waals surface area contributed by atoms with Gasteiger partial charge in [0.2, 0.25) is 5.91 Å². The third-order valence-electron chi connectivity index (χ3n) is 4.44. The number of thiazole rings is 1. The fourth-order valence-corrected chi connectivity index (χ4v) is 3.96. The van der Waals surface area contributed by atoms with Gasteiger partial charge in [-0.05, 0) is 31.9 Å². The minimum atomic E-state index is -0.147. The zero-order chi connectivity index (χ0) is 18.5. The van der Waals surface area contributed by atoms with E-state index in [0.29, 0.717) is 37.6 Å². The Hall–Kier alpha value is -1.92. The highest BCUT2D eigenvalue weighted by Gasteiger charge is 2.28. The standard InChI is InChI=1S/C19H21ClN2O3S/c1-2-25-19(24)14-7-9-22(10-8-14)17(23)11-16-12-26-18(21-16)13-3-5-15(20)6-4-13/h3-6,12,14H,2,7-11H2,1H3. The molecule has 7 heteroatoms. The predicted molar refractivity (Wildman–Crippen MR) is 102 cm³/mol. The largest absolute Gasteiger partial charge is 0.466 e. The van der Waals surface area contributed by atoms with Crippen LogP contribution in [0.1, 0.15) is 25.5 Å². The first-order valence-electron chi connectivity index (χ1n) is 8.71. The number of piperidine rings is 1. The molecule has 0 aliphatic carbocycles. The van der Waals surface area contributed by atoms with Gasteiger partial charge in [-0.2, -0.15) is 0 Å². The maximum absolute atomic E-state index is 12.5. The van der Waals surface area contributed by atoms with Crippen molar-refractivity contribution in [3.05, 3.63) is 40.4 Å². The van der Waals surface area contributed by atoms with Crippen LogP contribution in [0, 0.1) is 5.92 Å². The number of ether oxygens (including phenoxy) is 1. The fourth-order valence-electron chi connectivity index (χ4n) is 3.00. The average molecular weight is 393 g/mol. The molecule has 0 unspecified atom stereocenters. The molecule has 26 heavy (non-hydrogen) atoms. The molecule has 1 amide bonds. The third kappa shape index (κ3) is 4.62. The molecule has 1 saturated heterocycles. The maximum atomic E-state index is 12.5. The van der Waals surface area contributed by atoms with Gasteiger partial charge in [-0.3, -0.25) is 9.59 Å². The number of amides is 1. The van der Waals surface area contributed by atoms with Crippen LogP contribution in [0.2, 0.25) is 5.02 Å². The number of hydrogen-bond acceptors (Lipinski definition) is 5. The highest BCUT2D eigenvalue weighted by Crippen LogP contribution is 2.26. The van der Waals surface area contributed by atoms with E-state index in [9.17, 15) is 9.59 Å². The van der Waals surface area contributed by atoms with Crippen LogP contribution in [-0.2, 0) is 20.7 Å². The Morgan fingerprint density at radius 3 is 2.62 bits per heavy atom. The monoisotopic (exact) mass is 392 g/mol. The second-order valence-electron chi connectivity index (χ2n) is 6.23. The number of halogens is 1. The molecule has 0 spiro atoms. The Morgan fingerprint density at radius 1 is 1.27 bits per heavy atom. The van der Waals surface area contributed by atoms with Crippen molar-refractivity contribution < 1.29 is 14.3 Å². The number of nitrogens with zero attached hydrogens (tertiary/aromatic N) is 2. The number of aromatic nitrogens is 1. The van der Waals surface area contributed by atoms with Crippen molar-refractivity contribution in [2.24, 2.45) is 5.92 Å². The van der Waals surface area contributed by atoms with Gasteiger partial charge in [0, 0.05) is 29.1 Å². The van der Waals surface area contributed by atoms with Crippen LogP contribution in [0.4, 0.5) is 0 Å². The molecule has 1 aromatic carbocycles. The van der Waals surface area contributed by atoms with E-state index in [1.54, 1.807) is 0 Å². The SMILES string of the molecule is CCOC(=O)C1CCN(C(=O)Cc2csc(-c3ccc(Cl)cc3)n2)CC1. The summed E-state index contributed by atoms with van der Waals surface area (Å²) in [6.45, 7) is 3.40. The van der Waals surface area contributed by atoms with Crippen LogP contribution in [0.5, 0.6) is 0 Å². The van der Waals surface area contributed by atoms with Gasteiger partial charge in [0.05, 0.1) is 24.6 Å². The molecule has 138 valence electrons. The summed E-state index contributed by atoms with van der Waals surface area (Å²) in [6.07, 6.45) is 1.61. The Kier molecular flexibility index (Phi) is 6.27. The molecule has 0 atom stereocenters. The van der Waals surface area contributed by atoms with Gasteiger partial charge in [0.25, 0.3) is 0 Å². The fraction of sp³-hybridized carbons (Fsp3) is 0.421. The molecule has 1 aromatic heterocycles. The molecule has 2 aromatic rings. The molecule has 0 N–H and O–H groups in total. The van der Waals surface area contributed by atoms with Crippen LogP contribution < -0.4 is 0 Å². The first-order valence-corrected chi connectivity index (χ1v) is 9.97. The van der Waals surface area contributed by atoms with Gasteiger partial charge in [0.15, 0.2) is 0 Å². The molecule has 0 radical (unpaired) electrons. The zero-order valence-corrected chi connectivity index (χ0v) is 16.2. The summed E-state index contributed by atoms with van der Waals surface area (Å²) in [5, 5.41) is 3.49. The van der Waals surface area contributed by atoms with Crippen LogP contribution in [0.15, 0.2) is 29.6 Å². The maximum Gasteiger partial charge on any atom is 0.309 e. The minimum absolute atomic E-state index is 0.0558. The second-order valence-corrected chi connectivity index (χ2v) is 7.53. The number of rotatable bonds is 5. The van der Waals surface area contributed by atoms with Crippen molar-refractivity contribution in [1.82, 2.24) is 9.88 Å². The van der Waals surface area contributed by atoms with Crippen LogP contribution in [-0.4, -0.2) is 41.5 Å². The molecule has 0 saturated carbocycles. The Bertz CT molecular complexity index is 767. The predicted octanol–water partition coefficient (Wildman–Crippen LogP) is 3.81. The lowest BCUT2D eigenvalue weighted by Gasteiger charge is -2.30. The van der Waals surface area contributed by atoms with E-state index in [1.165, 1.54) is 11.3 Å². The smallest absolute Gasteiger partial charge is 0.309 e. The summed E-state index contributed by atoms with van der Waals surface area (Å²) in [6, 6.07) is 7.51. The number of likely N-dealkylation sites (tertiary alicyclic amines) is 1. The number of esters is 1. The Balaban J connectivity index is 1.54. The summed E-state index contributed by atoms with van der Waals surface area (Å²) in [5.74, 6) is -0.179. The summed E-state index contributed by atoms with van der Waals surface area (Å²) < 4.78 is 5.07. The zero-order valence-electron chi connectivity index (χ0n) is 14.6. The second kappa shape index (κ2) is 8.64. The van der Waals surface area contributed by atoms with Gasteiger partial charge in [-0.25, -0.2) is 4.98 Å². The molecule has 5 nitrogen and oxygen atoms in total. The average Bonchev–Trinajstić information content (AvgIpc) is 3.11. The first-order chi connectivity index (χ1) is 12.6. The number of benzene rings is 1. The van der Waals surface area contributed by atoms with E-state index < -0.39 is 0 Å². The van der Waals surface area contributed by atoms with E-state index in [2.05, 4.69) is 4.98 Å². The lowest BCUT2D eigenvalue weighted by molar-refractivity contribution is -0.151. The third-order valence-corrected chi connectivity index (χ3v) is 5.64.